The molecular formula is C14H19N3S. The van der Waals surface area contributed by atoms with Crippen LogP contribution < -0.4 is 10.9 Å². The van der Waals surface area contributed by atoms with E-state index in [1.165, 1.54) is 0 Å². The molecule has 0 saturated carbocycles. The Labute approximate surface area is 114 Å². The molecule has 0 atom stereocenters. The molecule has 0 aliphatic carbocycles. The summed E-state index contributed by atoms with van der Waals surface area (Å²) in [5.41, 5.74) is 8.80. The van der Waals surface area contributed by atoms with E-state index in [0.29, 0.717) is 0 Å². The molecule has 3 nitrogen and oxygen atoms in total. The lowest BCUT2D eigenvalue weighted by Gasteiger charge is -2.05. The largest absolute Gasteiger partial charge is 0.309 e. The highest BCUT2D eigenvalue weighted by molar-refractivity contribution is 7.80. The van der Waals surface area contributed by atoms with Crippen LogP contribution in [-0.2, 0) is 0 Å². The highest BCUT2D eigenvalue weighted by atomic mass is 32.1. The van der Waals surface area contributed by atoms with Gasteiger partial charge in [-0.1, -0.05) is 19.6 Å². The smallest absolute Gasteiger partial charge is 0.0697 e. The van der Waals surface area contributed by atoms with Crippen molar-refractivity contribution in [3.63, 3.8) is 0 Å². The number of hydrogen-bond donors (Lipinski definition) is 3. The fourth-order valence-electron chi connectivity index (χ4n) is 1.32. The van der Waals surface area contributed by atoms with Gasteiger partial charge in [-0.25, -0.2) is 0 Å². The summed E-state index contributed by atoms with van der Waals surface area (Å²) in [4.78, 5) is 5.08. The first kappa shape index (κ1) is 14.4. The van der Waals surface area contributed by atoms with Gasteiger partial charge in [-0.15, -0.1) is 12.6 Å². The van der Waals surface area contributed by atoms with Gasteiger partial charge < -0.3 is 10.9 Å². The van der Waals surface area contributed by atoms with Gasteiger partial charge in [-0.05, 0) is 37.1 Å². The first-order chi connectivity index (χ1) is 8.63. The quantitative estimate of drug-likeness (QED) is 0.418. The maximum Gasteiger partial charge on any atom is 0.0697 e. The molecule has 0 unspecified atom stereocenters. The van der Waals surface area contributed by atoms with Crippen LogP contribution in [-0.4, -0.2) is 4.98 Å². The van der Waals surface area contributed by atoms with Crippen molar-refractivity contribution >= 4 is 18.2 Å². The van der Waals surface area contributed by atoms with E-state index < -0.39 is 0 Å². The van der Waals surface area contributed by atoms with Crippen molar-refractivity contribution in [2.75, 3.05) is 0 Å². The molecule has 0 aromatic carbocycles. The Morgan fingerprint density at radius 2 is 2.28 bits per heavy atom. The van der Waals surface area contributed by atoms with Crippen molar-refractivity contribution < 1.29 is 0 Å². The van der Waals surface area contributed by atoms with Crippen LogP contribution in [0.3, 0.4) is 0 Å². The first-order valence-corrected chi connectivity index (χ1v) is 6.27. The van der Waals surface area contributed by atoms with Crippen LogP contribution >= 0.6 is 12.6 Å². The number of hydrogen-bond acceptors (Lipinski definition) is 4. The normalized spacial score (nSPS) is 11.6. The van der Waals surface area contributed by atoms with E-state index in [0.717, 1.165) is 28.3 Å². The molecule has 0 radical (unpaired) electrons. The predicted molar refractivity (Wildman–Crippen MR) is 80.0 cm³/mol. The second-order valence-corrected chi connectivity index (χ2v) is 4.34. The minimum absolute atomic E-state index is 0.840. The maximum absolute atomic E-state index is 4.23. The molecule has 1 rings (SSSR count). The van der Waals surface area contributed by atoms with E-state index >= 15 is 0 Å². The zero-order chi connectivity index (χ0) is 13.4. The van der Waals surface area contributed by atoms with Crippen molar-refractivity contribution in [3.05, 3.63) is 54.7 Å². The standard InChI is InChI=1S/C14H19N3S/c1-4-5-12(3)17-16-9-8-11(2)14-7-6-13(18)10-15-14/h5-10,16-18H,2,4H2,1,3H3/b9-8-,12-5-. The van der Waals surface area contributed by atoms with E-state index in [9.17, 15) is 0 Å². The molecule has 0 saturated heterocycles. The summed E-state index contributed by atoms with van der Waals surface area (Å²) in [7, 11) is 0. The summed E-state index contributed by atoms with van der Waals surface area (Å²) >= 11 is 4.19. The van der Waals surface area contributed by atoms with E-state index in [4.69, 9.17) is 0 Å². The fraction of sp³-hybridized carbons (Fsp3) is 0.214. The van der Waals surface area contributed by atoms with Crippen molar-refractivity contribution in [3.8, 4) is 0 Å². The molecule has 4 heteroatoms. The van der Waals surface area contributed by atoms with Crippen LogP contribution in [0.2, 0.25) is 0 Å². The number of pyridine rings is 1. The first-order valence-electron chi connectivity index (χ1n) is 5.82. The number of hydrazine groups is 1. The topological polar surface area (TPSA) is 37.0 Å². The number of nitrogens with one attached hydrogen (secondary N) is 2. The van der Waals surface area contributed by atoms with Crippen molar-refractivity contribution in [1.82, 2.24) is 15.8 Å². The Morgan fingerprint density at radius 1 is 1.50 bits per heavy atom. The third-order valence-corrected chi connectivity index (χ3v) is 2.49. The monoisotopic (exact) mass is 261 g/mol. The van der Waals surface area contributed by atoms with E-state index in [1.54, 1.807) is 12.4 Å². The van der Waals surface area contributed by atoms with Crippen molar-refractivity contribution in [1.29, 1.82) is 0 Å². The molecule has 0 fully saturated rings. The number of thiol groups is 1. The molecule has 0 aliphatic heterocycles. The second-order valence-electron chi connectivity index (χ2n) is 3.82. The van der Waals surface area contributed by atoms with Gasteiger partial charge in [-0.3, -0.25) is 4.98 Å². The van der Waals surface area contributed by atoms with Crippen LogP contribution in [0.15, 0.2) is 53.9 Å². The summed E-state index contributed by atoms with van der Waals surface area (Å²) in [6.45, 7) is 8.05. The zero-order valence-corrected chi connectivity index (χ0v) is 11.7. The van der Waals surface area contributed by atoms with Gasteiger partial charge in [0.1, 0.15) is 0 Å². The summed E-state index contributed by atoms with van der Waals surface area (Å²) in [6.07, 6.45) is 8.48. The van der Waals surface area contributed by atoms with Gasteiger partial charge in [0.2, 0.25) is 0 Å². The average Bonchev–Trinajstić information content (AvgIpc) is 2.35. The Bertz CT molecular complexity index is 447. The number of aromatic nitrogens is 1. The molecular weight excluding hydrogens is 242 g/mol. The lowest BCUT2D eigenvalue weighted by Crippen LogP contribution is -2.24. The molecule has 1 aromatic heterocycles. The maximum atomic E-state index is 4.23. The molecule has 0 aliphatic rings. The Morgan fingerprint density at radius 3 is 2.89 bits per heavy atom. The Hall–Kier alpha value is -1.68. The van der Waals surface area contributed by atoms with Gasteiger partial charge in [-0.2, -0.15) is 0 Å². The van der Waals surface area contributed by atoms with E-state index in [-0.39, 0.29) is 0 Å². The van der Waals surface area contributed by atoms with Gasteiger partial charge >= 0.3 is 0 Å². The van der Waals surface area contributed by atoms with Crippen LogP contribution in [0.1, 0.15) is 26.0 Å². The minimum atomic E-state index is 0.840. The van der Waals surface area contributed by atoms with Crippen molar-refractivity contribution in [2.45, 2.75) is 25.2 Å². The molecule has 1 heterocycles. The fourth-order valence-corrected chi connectivity index (χ4v) is 1.45. The van der Waals surface area contributed by atoms with Gasteiger partial charge in [0, 0.05) is 23.0 Å². The Kier molecular flexibility index (Phi) is 6.08. The third-order valence-electron chi connectivity index (χ3n) is 2.22. The van der Waals surface area contributed by atoms with Gasteiger partial charge in [0.05, 0.1) is 5.69 Å². The van der Waals surface area contributed by atoms with Crippen molar-refractivity contribution in [2.24, 2.45) is 0 Å². The summed E-state index contributed by atoms with van der Waals surface area (Å²) in [6, 6.07) is 3.79. The molecule has 0 amide bonds. The SMILES string of the molecule is C=C(/C=C\NN/C(C)=C\CC)c1ccc(S)cn1. The minimum Gasteiger partial charge on any atom is -0.309 e. The van der Waals surface area contributed by atoms with Crippen LogP contribution in [0.25, 0.3) is 5.57 Å². The molecule has 1 aromatic rings. The number of allylic oxidation sites excluding steroid dienone is 4. The summed E-state index contributed by atoms with van der Waals surface area (Å²) in [5, 5.41) is 0. The Balaban J connectivity index is 2.45. The second kappa shape index (κ2) is 7.61. The van der Waals surface area contributed by atoms with Crippen LogP contribution in [0, 0.1) is 0 Å². The van der Waals surface area contributed by atoms with E-state index in [2.05, 4.69) is 48.0 Å². The van der Waals surface area contributed by atoms with Gasteiger partial charge in [0.15, 0.2) is 0 Å². The molecule has 96 valence electrons. The molecule has 0 spiro atoms. The zero-order valence-electron chi connectivity index (χ0n) is 10.8. The van der Waals surface area contributed by atoms with Gasteiger partial charge in [0.25, 0.3) is 0 Å². The summed E-state index contributed by atoms with van der Waals surface area (Å²) < 4.78 is 0. The lowest BCUT2D eigenvalue weighted by atomic mass is 10.2. The van der Waals surface area contributed by atoms with Crippen LogP contribution in [0.4, 0.5) is 0 Å². The number of nitrogens with zero attached hydrogens (tertiary/aromatic N) is 1. The van der Waals surface area contributed by atoms with E-state index in [1.807, 2.05) is 25.1 Å². The summed E-state index contributed by atoms with van der Waals surface area (Å²) in [5.74, 6) is 0. The lowest BCUT2D eigenvalue weighted by molar-refractivity contribution is 0.725. The average molecular weight is 261 g/mol. The highest BCUT2D eigenvalue weighted by Gasteiger charge is 1.95. The third kappa shape index (κ3) is 5.10. The molecule has 2 N–H and O–H groups in total. The molecule has 18 heavy (non-hydrogen) atoms. The predicted octanol–water partition coefficient (Wildman–Crippen LogP) is 3.31. The van der Waals surface area contributed by atoms with Crippen LogP contribution in [0.5, 0.6) is 0 Å². The number of rotatable bonds is 6. The highest BCUT2D eigenvalue weighted by Crippen LogP contribution is 2.12. The molecule has 0 bridgehead atoms.